The summed E-state index contributed by atoms with van der Waals surface area (Å²) in [4.78, 5) is 0. The van der Waals surface area contributed by atoms with Crippen molar-refractivity contribution in [2.75, 3.05) is 0 Å². The van der Waals surface area contributed by atoms with Gasteiger partial charge in [0.2, 0.25) is 0 Å². The van der Waals surface area contributed by atoms with E-state index in [0.29, 0.717) is 0 Å². The second-order valence-corrected chi connectivity index (χ2v) is 7.75. The Morgan fingerprint density at radius 3 is 2.70 bits per heavy atom. The molecule has 0 nitrogen and oxygen atoms in total. The molecule has 0 bridgehead atoms. The first-order valence-corrected chi connectivity index (χ1v) is 10.1. The fraction of sp³-hybridized carbons (Fsp3) is 0.308. The maximum atomic E-state index is 15.3. The number of rotatable bonds is 5. The Morgan fingerprint density at radius 1 is 1.04 bits per heavy atom. The predicted octanol–water partition coefficient (Wildman–Crippen LogP) is 6.93. The lowest BCUT2D eigenvalue weighted by Crippen LogP contribution is -2.14. The van der Waals surface area contributed by atoms with Crippen LogP contribution in [-0.2, 0) is 25.7 Å². The second-order valence-electron chi connectivity index (χ2n) is 7.75. The fourth-order valence-corrected chi connectivity index (χ4v) is 4.39. The minimum absolute atomic E-state index is 0.0220. The molecule has 0 spiro atoms. The molecule has 0 saturated heterocycles. The van der Waals surface area contributed by atoms with Crippen LogP contribution in [0.3, 0.4) is 0 Å². The third kappa shape index (κ3) is 3.56. The molecule has 0 N–H and O–H groups in total. The van der Waals surface area contributed by atoms with E-state index in [0.717, 1.165) is 54.9 Å². The Morgan fingerprint density at radius 2 is 1.89 bits per heavy atom. The lowest BCUT2D eigenvalue weighted by molar-refractivity contribution is 0.539. The van der Waals surface area contributed by atoms with Gasteiger partial charge in [-0.2, -0.15) is 0 Å². The van der Waals surface area contributed by atoms with Gasteiger partial charge in [0.05, 0.1) is 0 Å². The van der Waals surface area contributed by atoms with E-state index in [4.69, 9.17) is 0 Å². The first-order valence-electron chi connectivity index (χ1n) is 10.1. The zero-order chi connectivity index (χ0) is 18.8. The fourth-order valence-electron chi connectivity index (χ4n) is 4.39. The predicted molar refractivity (Wildman–Crippen MR) is 113 cm³/mol. The average Bonchev–Trinajstić information content (AvgIpc) is 2.71. The van der Waals surface area contributed by atoms with Crippen LogP contribution in [0.4, 0.5) is 4.39 Å². The summed E-state index contributed by atoms with van der Waals surface area (Å²) in [6.45, 7) is 5.94. The van der Waals surface area contributed by atoms with Gasteiger partial charge in [-0.25, -0.2) is 4.39 Å². The molecule has 1 atom stereocenters. The summed E-state index contributed by atoms with van der Waals surface area (Å²) in [7, 11) is 0. The van der Waals surface area contributed by atoms with Crippen molar-refractivity contribution in [2.24, 2.45) is 0 Å². The van der Waals surface area contributed by atoms with Crippen LogP contribution in [0.5, 0.6) is 0 Å². The van der Waals surface area contributed by atoms with Gasteiger partial charge in [0, 0.05) is 5.39 Å². The minimum atomic E-state index is -0.0220. The molecule has 0 saturated carbocycles. The summed E-state index contributed by atoms with van der Waals surface area (Å²) < 4.78 is 15.3. The number of hydrogen-bond donors (Lipinski definition) is 0. The minimum Gasteiger partial charge on any atom is -0.206 e. The molecule has 4 rings (SSSR count). The van der Waals surface area contributed by atoms with Gasteiger partial charge in [0.25, 0.3) is 0 Å². The van der Waals surface area contributed by atoms with Crippen molar-refractivity contribution in [3.05, 3.63) is 94.8 Å². The van der Waals surface area contributed by atoms with E-state index in [1.165, 1.54) is 22.3 Å². The first-order chi connectivity index (χ1) is 13.2. The van der Waals surface area contributed by atoms with Crippen LogP contribution in [0.1, 0.15) is 53.5 Å². The topological polar surface area (TPSA) is 0 Å². The highest BCUT2D eigenvalue weighted by atomic mass is 19.1. The van der Waals surface area contributed by atoms with Gasteiger partial charge in [0.1, 0.15) is 5.82 Å². The van der Waals surface area contributed by atoms with Crippen LogP contribution >= 0.6 is 0 Å². The van der Waals surface area contributed by atoms with Crippen LogP contribution in [0.25, 0.3) is 10.8 Å². The van der Waals surface area contributed by atoms with Crippen molar-refractivity contribution in [1.29, 1.82) is 0 Å². The molecule has 0 aromatic heterocycles. The maximum Gasteiger partial charge on any atom is 0.134 e. The van der Waals surface area contributed by atoms with E-state index in [1.807, 2.05) is 18.2 Å². The lowest BCUT2D eigenvalue weighted by Gasteiger charge is -2.26. The monoisotopic (exact) mass is 358 g/mol. The highest BCUT2D eigenvalue weighted by Gasteiger charge is 2.23. The average molecular weight is 359 g/mol. The quantitative estimate of drug-likeness (QED) is 0.434. The van der Waals surface area contributed by atoms with Crippen molar-refractivity contribution in [3.63, 3.8) is 0 Å². The van der Waals surface area contributed by atoms with Crippen LogP contribution in [0, 0.1) is 5.82 Å². The smallest absolute Gasteiger partial charge is 0.134 e. The molecule has 0 amide bonds. The molecule has 3 aromatic carbocycles. The molecular formula is C26H27F. The molecule has 1 heteroatoms. The van der Waals surface area contributed by atoms with E-state index in [1.54, 1.807) is 0 Å². The van der Waals surface area contributed by atoms with Crippen molar-refractivity contribution < 1.29 is 4.39 Å². The molecule has 138 valence electrons. The molecule has 27 heavy (non-hydrogen) atoms. The zero-order valence-electron chi connectivity index (χ0n) is 16.1. The third-order valence-electron chi connectivity index (χ3n) is 6.03. The van der Waals surface area contributed by atoms with E-state index in [9.17, 15) is 0 Å². The summed E-state index contributed by atoms with van der Waals surface area (Å²) in [6.07, 6.45) is 8.02. The van der Waals surface area contributed by atoms with Gasteiger partial charge in [0.15, 0.2) is 0 Å². The first kappa shape index (κ1) is 18.0. The van der Waals surface area contributed by atoms with Crippen LogP contribution in [0.2, 0.25) is 0 Å². The van der Waals surface area contributed by atoms with Crippen molar-refractivity contribution >= 4 is 10.8 Å². The Balaban J connectivity index is 1.61. The molecule has 0 radical (unpaired) electrons. The Kier molecular flexibility index (Phi) is 5.11. The van der Waals surface area contributed by atoms with Crippen molar-refractivity contribution in [3.8, 4) is 0 Å². The van der Waals surface area contributed by atoms with Crippen LogP contribution < -0.4 is 0 Å². The molecule has 1 unspecified atom stereocenters. The van der Waals surface area contributed by atoms with Crippen LogP contribution in [0.15, 0.2) is 61.2 Å². The number of fused-ring (bicyclic) bond motifs is 2. The molecule has 0 fully saturated rings. The molecule has 3 aromatic rings. The van der Waals surface area contributed by atoms with E-state index >= 15 is 4.39 Å². The standard InChI is InChI=1S/C26H27F/c1-3-5-6-19-7-9-21-17-23(11-10-20(21)16-19)25-14-12-22-15-18(4-2)8-13-24(22)26(25)27/h3,7-9,12-16,23H,1,4-6,10-11,17H2,2H3. The third-order valence-corrected chi connectivity index (χ3v) is 6.03. The van der Waals surface area contributed by atoms with Gasteiger partial charge in [-0.1, -0.05) is 61.5 Å². The molecule has 1 aliphatic carbocycles. The Bertz CT molecular complexity index is 983. The SMILES string of the molecule is C=CCCc1ccc2c(c1)CCC(c1ccc3cc(CC)ccc3c1F)C2. The van der Waals surface area contributed by atoms with Gasteiger partial charge in [-0.15, -0.1) is 6.58 Å². The molecule has 0 heterocycles. The molecule has 0 aliphatic heterocycles. The summed E-state index contributed by atoms with van der Waals surface area (Å²) >= 11 is 0. The second kappa shape index (κ2) is 7.68. The highest BCUT2D eigenvalue weighted by Crippen LogP contribution is 2.36. The molecular weight excluding hydrogens is 331 g/mol. The number of hydrogen-bond acceptors (Lipinski definition) is 0. The van der Waals surface area contributed by atoms with E-state index in [-0.39, 0.29) is 11.7 Å². The van der Waals surface area contributed by atoms with E-state index < -0.39 is 0 Å². The number of halogens is 1. The van der Waals surface area contributed by atoms with E-state index in [2.05, 4.69) is 49.9 Å². The zero-order valence-corrected chi connectivity index (χ0v) is 16.1. The summed E-state index contributed by atoms with van der Waals surface area (Å²) in [5.74, 6) is 0.248. The van der Waals surface area contributed by atoms with Gasteiger partial charge in [-0.3, -0.25) is 0 Å². The van der Waals surface area contributed by atoms with Crippen LogP contribution in [-0.4, -0.2) is 0 Å². The summed E-state index contributed by atoms with van der Waals surface area (Å²) in [5, 5.41) is 1.77. The van der Waals surface area contributed by atoms with Crippen molar-refractivity contribution in [2.45, 2.75) is 51.4 Å². The molecule has 1 aliphatic rings. The number of allylic oxidation sites excluding steroid dienone is 1. The highest BCUT2D eigenvalue weighted by molar-refractivity contribution is 5.84. The summed E-state index contributed by atoms with van der Waals surface area (Å²) in [6, 6.07) is 17.1. The Labute approximate surface area is 161 Å². The summed E-state index contributed by atoms with van der Waals surface area (Å²) in [5.41, 5.74) is 6.35. The van der Waals surface area contributed by atoms with Crippen molar-refractivity contribution in [1.82, 2.24) is 0 Å². The number of benzene rings is 3. The van der Waals surface area contributed by atoms with Gasteiger partial charge in [-0.05, 0) is 77.6 Å². The van der Waals surface area contributed by atoms with Gasteiger partial charge >= 0.3 is 0 Å². The Hall–Kier alpha value is -2.41. The largest absolute Gasteiger partial charge is 0.206 e. The lowest BCUT2D eigenvalue weighted by atomic mass is 9.79. The maximum absolute atomic E-state index is 15.3. The number of aryl methyl sites for hydroxylation is 3. The normalized spacial score (nSPS) is 16.3. The van der Waals surface area contributed by atoms with Gasteiger partial charge < -0.3 is 0 Å².